The molecular weight excluding hydrogens is 302 g/mol. The third-order valence-corrected chi connectivity index (χ3v) is 4.43. The first-order valence-electron chi connectivity index (χ1n) is 8.95. The van der Waals surface area contributed by atoms with Gasteiger partial charge in [-0.25, -0.2) is 4.79 Å². The molecule has 5 heteroatoms. The highest BCUT2D eigenvalue weighted by Gasteiger charge is 2.27. The molecule has 0 aliphatic carbocycles. The number of nitrogens with one attached hydrogen (secondary N) is 2. The zero-order valence-electron chi connectivity index (χ0n) is 14.8. The number of piperidine rings is 1. The molecule has 1 aliphatic heterocycles. The fourth-order valence-corrected chi connectivity index (χ4v) is 2.93. The fraction of sp³-hybridized carbons (Fsp3) is 0.579. The van der Waals surface area contributed by atoms with Crippen molar-refractivity contribution < 1.29 is 9.59 Å². The molecule has 132 valence electrons. The summed E-state index contributed by atoms with van der Waals surface area (Å²) in [6.45, 7) is 6.39. The maximum atomic E-state index is 12.3. The van der Waals surface area contributed by atoms with E-state index >= 15 is 0 Å². The van der Waals surface area contributed by atoms with E-state index in [0.717, 1.165) is 37.9 Å². The Hall–Kier alpha value is -2.04. The van der Waals surface area contributed by atoms with E-state index in [2.05, 4.69) is 24.5 Å². The topological polar surface area (TPSA) is 61.4 Å². The summed E-state index contributed by atoms with van der Waals surface area (Å²) in [6, 6.07) is 9.51. The molecule has 1 aromatic rings. The number of carbonyl (C=O) groups excluding carboxylic acids is 2. The van der Waals surface area contributed by atoms with Crippen LogP contribution in [0.5, 0.6) is 0 Å². The lowest BCUT2D eigenvalue weighted by molar-refractivity contribution is -0.121. The standard InChI is InChI=1S/C19H29N3O2/c1-15(2)7-6-12-20-19(24)22-13-10-16(11-14-22)18(23)21-17-8-4-3-5-9-17/h3-5,8-9,15-16H,6-7,10-14H2,1-2H3,(H,20,24)(H,21,23). The predicted molar refractivity (Wildman–Crippen MR) is 96.8 cm³/mol. The average molecular weight is 331 g/mol. The maximum Gasteiger partial charge on any atom is 0.317 e. The van der Waals surface area contributed by atoms with Crippen LogP contribution in [0.4, 0.5) is 10.5 Å². The number of hydrogen-bond donors (Lipinski definition) is 2. The van der Waals surface area contributed by atoms with Gasteiger partial charge in [-0.1, -0.05) is 32.0 Å². The Morgan fingerprint density at radius 1 is 1.17 bits per heavy atom. The van der Waals surface area contributed by atoms with Gasteiger partial charge in [-0.15, -0.1) is 0 Å². The first-order valence-corrected chi connectivity index (χ1v) is 8.95. The van der Waals surface area contributed by atoms with Gasteiger partial charge in [0.25, 0.3) is 0 Å². The van der Waals surface area contributed by atoms with Crippen molar-refractivity contribution in [3.63, 3.8) is 0 Å². The number of benzene rings is 1. The Kier molecular flexibility index (Phi) is 7.09. The summed E-state index contributed by atoms with van der Waals surface area (Å²) in [5.41, 5.74) is 0.827. The minimum atomic E-state index is -0.0183. The molecule has 0 atom stereocenters. The highest BCUT2D eigenvalue weighted by atomic mass is 16.2. The molecule has 3 amide bonds. The van der Waals surface area contributed by atoms with Crippen LogP contribution >= 0.6 is 0 Å². The lowest BCUT2D eigenvalue weighted by Gasteiger charge is -2.31. The molecule has 24 heavy (non-hydrogen) atoms. The number of para-hydroxylation sites is 1. The van der Waals surface area contributed by atoms with Crippen LogP contribution in [0.25, 0.3) is 0 Å². The lowest BCUT2D eigenvalue weighted by atomic mass is 9.96. The molecule has 0 aromatic heterocycles. The predicted octanol–water partition coefficient (Wildman–Crippen LogP) is 3.48. The van der Waals surface area contributed by atoms with Gasteiger partial charge in [0, 0.05) is 31.2 Å². The summed E-state index contributed by atoms with van der Waals surface area (Å²) >= 11 is 0. The molecule has 1 heterocycles. The molecule has 2 N–H and O–H groups in total. The number of rotatable bonds is 6. The first-order chi connectivity index (χ1) is 11.6. The largest absolute Gasteiger partial charge is 0.338 e. The minimum absolute atomic E-state index is 0.000624. The van der Waals surface area contributed by atoms with Gasteiger partial charge in [-0.05, 0) is 43.7 Å². The average Bonchev–Trinajstić information content (AvgIpc) is 2.59. The summed E-state index contributed by atoms with van der Waals surface area (Å²) in [5, 5.41) is 5.93. The van der Waals surface area contributed by atoms with Crippen LogP contribution in [0, 0.1) is 11.8 Å². The Labute approximate surface area is 144 Å². The SMILES string of the molecule is CC(C)CCCNC(=O)N1CCC(C(=O)Nc2ccccc2)CC1. The number of carbonyl (C=O) groups is 2. The summed E-state index contributed by atoms with van der Waals surface area (Å²) < 4.78 is 0. The molecule has 0 bridgehead atoms. The van der Waals surface area contributed by atoms with Crippen molar-refractivity contribution in [3.8, 4) is 0 Å². The minimum Gasteiger partial charge on any atom is -0.338 e. The van der Waals surface area contributed by atoms with Gasteiger partial charge in [0.2, 0.25) is 5.91 Å². The van der Waals surface area contributed by atoms with E-state index in [0.29, 0.717) is 19.0 Å². The number of likely N-dealkylation sites (tertiary alicyclic amines) is 1. The van der Waals surface area contributed by atoms with Crippen molar-refractivity contribution in [1.29, 1.82) is 0 Å². The second-order valence-corrected chi connectivity index (χ2v) is 6.88. The van der Waals surface area contributed by atoms with Crippen molar-refractivity contribution in [3.05, 3.63) is 30.3 Å². The molecule has 0 radical (unpaired) electrons. The Morgan fingerprint density at radius 3 is 2.46 bits per heavy atom. The molecule has 1 aromatic carbocycles. The lowest BCUT2D eigenvalue weighted by Crippen LogP contribution is -2.46. The molecule has 5 nitrogen and oxygen atoms in total. The number of amides is 3. The summed E-state index contributed by atoms with van der Waals surface area (Å²) in [4.78, 5) is 26.2. The van der Waals surface area contributed by atoms with Gasteiger partial charge in [0.1, 0.15) is 0 Å². The van der Waals surface area contributed by atoms with Crippen molar-refractivity contribution in [1.82, 2.24) is 10.2 Å². The van der Waals surface area contributed by atoms with Crippen LogP contribution in [0.1, 0.15) is 39.5 Å². The van der Waals surface area contributed by atoms with Crippen LogP contribution in [0.2, 0.25) is 0 Å². The second-order valence-electron chi connectivity index (χ2n) is 6.88. The van der Waals surface area contributed by atoms with E-state index in [1.807, 2.05) is 35.2 Å². The van der Waals surface area contributed by atoms with Crippen molar-refractivity contribution in [2.24, 2.45) is 11.8 Å². The zero-order chi connectivity index (χ0) is 17.4. The normalized spacial score (nSPS) is 15.4. The van der Waals surface area contributed by atoms with Gasteiger partial charge < -0.3 is 15.5 Å². The molecular formula is C19H29N3O2. The zero-order valence-corrected chi connectivity index (χ0v) is 14.8. The van der Waals surface area contributed by atoms with Crippen molar-refractivity contribution >= 4 is 17.6 Å². The van der Waals surface area contributed by atoms with Crippen LogP contribution in [-0.2, 0) is 4.79 Å². The Bertz CT molecular complexity index is 523. The number of nitrogens with zero attached hydrogens (tertiary/aromatic N) is 1. The third kappa shape index (κ3) is 5.87. The van der Waals surface area contributed by atoms with Crippen molar-refractivity contribution in [2.75, 3.05) is 25.0 Å². The van der Waals surface area contributed by atoms with E-state index < -0.39 is 0 Å². The molecule has 2 rings (SSSR count). The molecule has 1 saturated heterocycles. The third-order valence-electron chi connectivity index (χ3n) is 4.43. The van der Waals surface area contributed by atoms with Crippen LogP contribution in [0.15, 0.2) is 30.3 Å². The summed E-state index contributed by atoms with van der Waals surface area (Å²) in [7, 11) is 0. The molecule has 0 unspecified atom stereocenters. The molecule has 1 fully saturated rings. The van der Waals surface area contributed by atoms with Gasteiger partial charge in [-0.3, -0.25) is 4.79 Å². The Morgan fingerprint density at radius 2 is 1.83 bits per heavy atom. The molecule has 1 aliphatic rings. The van der Waals surface area contributed by atoms with E-state index in [-0.39, 0.29) is 17.9 Å². The second kappa shape index (κ2) is 9.30. The van der Waals surface area contributed by atoms with Crippen LogP contribution < -0.4 is 10.6 Å². The van der Waals surface area contributed by atoms with Gasteiger partial charge >= 0.3 is 6.03 Å². The van der Waals surface area contributed by atoms with Crippen LogP contribution in [-0.4, -0.2) is 36.5 Å². The van der Waals surface area contributed by atoms with Crippen LogP contribution in [0.3, 0.4) is 0 Å². The number of hydrogen-bond acceptors (Lipinski definition) is 2. The highest BCUT2D eigenvalue weighted by Crippen LogP contribution is 2.19. The smallest absolute Gasteiger partial charge is 0.317 e. The van der Waals surface area contributed by atoms with Gasteiger partial charge in [-0.2, -0.15) is 0 Å². The summed E-state index contributed by atoms with van der Waals surface area (Å²) in [5.74, 6) is 0.703. The Balaban J connectivity index is 1.69. The first kappa shape index (κ1) is 18.3. The van der Waals surface area contributed by atoms with E-state index in [4.69, 9.17) is 0 Å². The monoisotopic (exact) mass is 331 g/mol. The van der Waals surface area contributed by atoms with Gasteiger partial charge in [0.15, 0.2) is 0 Å². The van der Waals surface area contributed by atoms with E-state index in [1.165, 1.54) is 0 Å². The van der Waals surface area contributed by atoms with E-state index in [9.17, 15) is 9.59 Å². The molecule has 0 spiro atoms. The van der Waals surface area contributed by atoms with Gasteiger partial charge in [0.05, 0.1) is 0 Å². The highest BCUT2D eigenvalue weighted by molar-refractivity contribution is 5.92. The quantitative estimate of drug-likeness (QED) is 0.784. The fourth-order valence-electron chi connectivity index (χ4n) is 2.93. The maximum absolute atomic E-state index is 12.3. The number of anilines is 1. The van der Waals surface area contributed by atoms with Crippen molar-refractivity contribution in [2.45, 2.75) is 39.5 Å². The number of urea groups is 1. The molecule has 0 saturated carbocycles. The summed E-state index contributed by atoms with van der Waals surface area (Å²) in [6.07, 6.45) is 3.58. The van der Waals surface area contributed by atoms with E-state index in [1.54, 1.807) is 0 Å².